The number of amides is 1. The van der Waals surface area contributed by atoms with Gasteiger partial charge in [0.15, 0.2) is 11.3 Å². The SMILES string of the molecule is COc1cc(=O)n(CC(=O)Nc2ccc3oc(C(F)F)nc3c2)nc1C1=CCC(C)(C)CC1. The molecule has 0 fully saturated rings. The molecule has 1 N–H and O–H groups in total. The van der Waals surface area contributed by atoms with Crippen LogP contribution in [0.25, 0.3) is 16.7 Å². The summed E-state index contributed by atoms with van der Waals surface area (Å²) in [6.45, 7) is 4.07. The van der Waals surface area contributed by atoms with Crippen LogP contribution in [0.4, 0.5) is 14.5 Å². The number of hydrogen-bond acceptors (Lipinski definition) is 6. The number of allylic oxidation sites excluding steroid dienone is 2. The van der Waals surface area contributed by atoms with Gasteiger partial charge >= 0.3 is 6.43 Å². The molecule has 2 heterocycles. The summed E-state index contributed by atoms with van der Waals surface area (Å²) in [4.78, 5) is 28.8. The van der Waals surface area contributed by atoms with Gasteiger partial charge in [-0.3, -0.25) is 9.59 Å². The zero-order valence-corrected chi connectivity index (χ0v) is 18.5. The number of methoxy groups -OCH3 is 1. The zero-order valence-electron chi connectivity index (χ0n) is 18.5. The maximum absolute atomic E-state index is 12.8. The number of halogens is 2. The Morgan fingerprint density at radius 3 is 2.79 bits per heavy atom. The number of rotatable bonds is 6. The summed E-state index contributed by atoms with van der Waals surface area (Å²) >= 11 is 0. The standard InChI is InChI=1S/C23H24F2N4O4/c1-23(2)8-6-13(7-9-23)20-17(32-3)11-19(31)29(28-20)12-18(30)26-14-4-5-16-15(10-14)27-22(33-16)21(24)25/h4-6,10-11,21H,7-9,12H2,1-3H3,(H,26,30). The van der Waals surface area contributed by atoms with Crippen LogP contribution in [-0.2, 0) is 11.3 Å². The molecule has 2 aromatic heterocycles. The lowest BCUT2D eigenvalue weighted by Gasteiger charge is -2.28. The molecule has 4 rings (SSSR count). The van der Waals surface area contributed by atoms with E-state index >= 15 is 0 Å². The molecule has 0 saturated carbocycles. The number of ether oxygens (including phenoxy) is 1. The van der Waals surface area contributed by atoms with Crippen molar-refractivity contribution in [1.29, 1.82) is 0 Å². The van der Waals surface area contributed by atoms with Crippen molar-refractivity contribution in [3.05, 3.63) is 52.3 Å². The normalized spacial score (nSPS) is 15.5. The molecule has 0 atom stereocenters. The van der Waals surface area contributed by atoms with Crippen molar-refractivity contribution >= 4 is 28.3 Å². The van der Waals surface area contributed by atoms with E-state index in [1.54, 1.807) is 0 Å². The highest BCUT2D eigenvalue weighted by Gasteiger charge is 2.25. The molecule has 10 heteroatoms. The molecule has 1 aliphatic rings. The predicted octanol–water partition coefficient (Wildman–Crippen LogP) is 4.56. The summed E-state index contributed by atoms with van der Waals surface area (Å²) in [5.74, 6) is -0.819. The molecular weight excluding hydrogens is 434 g/mol. The molecule has 0 saturated heterocycles. The van der Waals surface area contributed by atoms with Gasteiger partial charge in [-0.2, -0.15) is 13.9 Å². The molecule has 0 unspecified atom stereocenters. The first-order chi connectivity index (χ1) is 15.6. The second-order valence-corrected chi connectivity index (χ2v) is 8.74. The van der Waals surface area contributed by atoms with Gasteiger partial charge in [-0.25, -0.2) is 9.67 Å². The Kier molecular flexibility index (Phi) is 6.01. The largest absolute Gasteiger partial charge is 0.494 e. The Morgan fingerprint density at radius 2 is 2.12 bits per heavy atom. The minimum Gasteiger partial charge on any atom is -0.494 e. The molecule has 0 bridgehead atoms. The Balaban J connectivity index is 1.55. The third-order valence-corrected chi connectivity index (χ3v) is 5.63. The monoisotopic (exact) mass is 458 g/mol. The number of hydrogen-bond donors (Lipinski definition) is 1. The first-order valence-corrected chi connectivity index (χ1v) is 10.5. The fraction of sp³-hybridized carbons (Fsp3) is 0.391. The number of anilines is 1. The average molecular weight is 458 g/mol. The van der Waals surface area contributed by atoms with Gasteiger partial charge in [0.1, 0.15) is 17.8 Å². The molecule has 174 valence electrons. The van der Waals surface area contributed by atoms with Crippen molar-refractivity contribution in [2.45, 2.75) is 46.1 Å². The van der Waals surface area contributed by atoms with Crippen LogP contribution in [0.15, 0.2) is 39.6 Å². The third kappa shape index (κ3) is 4.94. The van der Waals surface area contributed by atoms with Crippen LogP contribution in [0.5, 0.6) is 5.75 Å². The zero-order chi connectivity index (χ0) is 23.8. The van der Waals surface area contributed by atoms with Crippen molar-refractivity contribution in [2.75, 3.05) is 12.4 Å². The Labute approximate surface area is 188 Å². The highest BCUT2D eigenvalue weighted by Crippen LogP contribution is 2.39. The van der Waals surface area contributed by atoms with Crippen molar-refractivity contribution in [2.24, 2.45) is 5.41 Å². The topological polar surface area (TPSA) is 99.2 Å². The van der Waals surface area contributed by atoms with Crippen LogP contribution in [0.3, 0.4) is 0 Å². The molecule has 3 aromatic rings. The number of alkyl halides is 2. The molecule has 1 aromatic carbocycles. The van der Waals surface area contributed by atoms with Crippen LogP contribution in [0.2, 0.25) is 0 Å². The maximum Gasteiger partial charge on any atom is 0.313 e. The number of carbonyl (C=O) groups is 1. The molecular formula is C23H24F2N4O4. The number of nitrogens with one attached hydrogen (secondary N) is 1. The highest BCUT2D eigenvalue weighted by atomic mass is 19.3. The van der Waals surface area contributed by atoms with E-state index in [2.05, 4.69) is 35.3 Å². The van der Waals surface area contributed by atoms with Gasteiger partial charge in [0.2, 0.25) is 5.91 Å². The quantitative estimate of drug-likeness (QED) is 0.581. The molecule has 1 amide bonds. The molecule has 33 heavy (non-hydrogen) atoms. The third-order valence-electron chi connectivity index (χ3n) is 5.63. The van der Waals surface area contributed by atoms with Crippen LogP contribution >= 0.6 is 0 Å². The Bertz CT molecular complexity index is 1290. The second kappa shape index (κ2) is 8.76. The van der Waals surface area contributed by atoms with E-state index in [0.29, 0.717) is 17.1 Å². The summed E-state index contributed by atoms with van der Waals surface area (Å²) in [5, 5.41) is 7.04. The van der Waals surface area contributed by atoms with Crippen LogP contribution in [0.1, 0.15) is 51.1 Å². The first-order valence-electron chi connectivity index (χ1n) is 10.5. The predicted molar refractivity (Wildman–Crippen MR) is 118 cm³/mol. The van der Waals surface area contributed by atoms with Crippen LogP contribution < -0.4 is 15.6 Å². The molecule has 0 radical (unpaired) electrons. The van der Waals surface area contributed by atoms with E-state index < -0.39 is 23.8 Å². The Morgan fingerprint density at radius 1 is 1.33 bits per heavy atom. The van der Waals surface area contributed by atoms with Gasteiger partial charge in [-0.15, -0.1) is 0 Å². The number of oxazole rings is 1. The number of benzene rings is 1. The first kappa shape index (κ1) is 22.6. The van der Waals surface area contributed by atoms with E-state index in [4.69, 9.17) is 9.15 Å². The summed E-state index contributed by atoms with van der Waals surface area (Å²) in [7, 11) is 1.48. The lowest BCUT2D eigenvalue weighted by molar-refractivity contribution is -0.117. The van der Waals surface area contributed by atoms with Gasteiger partial charge in [0, 0.05) is 11.8 Å². The fourth-order valence-corrected chi connectivity index (χ4v) is 3.71. The molecule has 8 nitrogen and oxygen atoms in total. The lowest BCUT2D eigenvalue weighted by Crippen LogP contribution is -2.30. The fourth-order valence-electron chi connectivity index (χ4n) is 3.71. The maximum atomic E-state index is 12.8. The van der Waals surface area contributed by atoms with E-state index in [1.807, 2.05) is 0 Å². The van der Waals surface area contributed by atoms with Crippen LogP contribution in [0, 0.1) is 5.41 Å². The summed E-state index contributed by atoms with van der Waals surface area (Å²) in [6.07, 6.45) is 1.91. The minimum absolute atomic E-state index is 0.185. The van der Waals surface area contributed by atoms with Crippen molar-refractivity contribution in [3.63, 3.8) is 0 Å². The van der Waals surface area contributed by atoms with Gasteiger partial charge in [0.05, 0.1) is 7.11 Å². The molecule has 0 spiro atoms. The van der Waals surface area contributed by atoms with Gasteiger partial charge in [0.25, 0.3) is 11.4 Å². The number of fused-ring (bicyclic) bond motifs is 1. The number of nitrogens with zero attached hydrogens (tertiary/aromatic N) is 3. The minimum atomic E-state index is -2.83. The molecule has 1 aliphatic carbocycles. The smallest absolute Gasteiger partial charge is 0.313 e. The number of aromatic nitrogens is 3. The van der Waals surface area contributed by atoms with Crippen molar-refractivity contribution < 1.29 is 22.7 Å². The number of carbonyl (C=O) groups excluding carboxylic acids is 1. The highest BCUT2D eigenvalue weighted by molar-refractivity contribution is 5.92. The summed E-state index contributed by atoms with van der Waals surface area (Å²) in [6, 6.07) is 5.69. The second-order valence-electron chi connectivity index (χ2n) is 8.74. The van der Waals surface area contributed by atoms with E-state index in [1.165, 1.54) is 31.4 Å². The van der Waals surface area contributed by atoms with E-state index in [9.17, 15) is 18.4 Å². The van der Waals surface area contributed by atoms with E-state index in [-0.39, 0.29) is 23.1 Å². The van der Waals surface area contributed by atoms with Gasteiger partial charge in [-0.1, -0.05) is 19.9 Å². The average Bonchev–Trinajstić information content (AvgIpc) is 3.19. The van der Waals surface area contributed by atoms with E-state index in [0.717, 1.165) is 29.5 Å². The summed E-state index contributed by atoms with van der Waals surface area (Å²) < 4.78 is 37.0. The Hall–Kier alpha value is -3.56. The van der Waals surface area contributed by atoms with Crippen molar-refractivity contribution in [1.82, 2.24) is 14.8 Å². The van der Waals surface area contributed by atoms with Crippen LogP contribution in [-0.4, -0.2) is 27.8 Å². The lowest BCUT2D eigenvalue weighted by atomic mass is 9.78. The van der Waals surface area contributed by atoms with Gasteiger partial charge in [-0.05, 0) is 48.4 Å². The summed E-state index contributed by atoms with van der Waals surface area (Å²) in [5.41, 5.74) is 1.96. The molecule has 0 aliphatic heterocycles. The van der Waals surface area contributed by atoms with Crippen molar-refractivity contribution in [3.8, 4) is 5.75 Å². The van der Waals surface area contributed by atoms with Gasteiger partial charge < -0.3 is 14.5 Å².